The van der Waals surface area contributed by atoms with Gasteiger partial charge in [0, 0.05) is 5.56 Å². The van der Waals surface area contributed by atoms with E-state index in [1.807, 2.05) is 0 Å². The number of nitrogens with zero attached hydrogens (tertiary/aromatic N) is 2. The van der Waals surface area contributed by atoms with E-state index in [4.69, 9.17) is 25.8 Å². The van der Waals surface area contributed by atoms with Crippen LogP contribution < -0.4 is 24.4 Å². The molecule has 4 rings (SSSR count). The monoisotopic (exact) mass is 528 g/mol. The molecule has 7 nitrogen and oxygen atoms in total. The second-order valence-electron chi connectivity index (χ2n) is 7.72. The normalized spacial score (nSPS) is 15.2. The molecule has 0 aliphatic carbocycles. The van der Waals surface area contributed by atoms with Crippen molar-refractivity contribution < 1.29 is 23.4 Å². The van der Waals surface area contributed by atoms with E-state index in [9.17, 15) is 14.0 Å². The summed E-state index contributed by atoms with van der Waals surface area (Å²) in [4.78, 5) is 31.3. The summed E-state index contributed by atoms with van der Waals surface area (Å²) >= 11 is 7.25. The molecule has 0 radical (unpaired) electrons. The van der Waals surface area contributed by atoms with Gasteiger partial charge in [0.2, 0.25) is 0 Å². The summed E-state index contributed by atoms with van der Waals surface area (Å²) in [6.45, 7) is 5.59. The lowest BCUT2D eigenvalue weighted by atomic mass is 9.95. The molecule has 0 N–H and O–H groups in total. The Morgan fingerprint density at radius 3 is 2.72 bits per heavy atom. The molecule has 10 heteroatoms. The zero-order valence-electron chi connectivity index (χ0n) is 19.7. The van der Waals surface area contributed by atoms with E-state index < -0.39 is 23.4 Å². The highest BCUT2D eigenvalue weighted by atomic mass is 35.5. The Morgan fingerprint density at radius 1 is 1.28 bits per heavy atom. The van der Waals surface area contributed by atoms with Crippen LogP contribution in [0.5, 0.6) is 11.5 Å². The van der Waals surface area contributed by atoms with Crippen LogP contribution in [0.25, 0.3) is 6.08 Å². The van der Waals surface area contributed by atoms with Crippen LogP contribution in [-0.4, -0.2) is 31.4 Å². The summed E-state index contributed by atoms with van der Waals surface area (Å²) in [5.74, 6) is -0.300. The second kappa shape index (κ2) is 10.5. The number of ether oxygens (including phenoxy) is 3. The fraction of sp³-hybridized carbons (Fsp3) is 0.192. The molecule has 0 spiro atoms. The minimum atomic E-state index is -0.866. The maximum absolute atomic E-state index is 14.4. The van der Waals surface area contributed by atoms with E-state index >= 15 is 0 Å². The first-order valence-corrected chi connectivity index (χ1v) is 12.0. The van der Waals surface area contributed by atoms with Crippen molar-refractivity contribution in [3.8, 4) is 11.5 Å². The van der Waals surface area contributed by atoms with E-state index in [0.29, 0.717) is 27.6 Å². The quantitative estimate of drug-likeness (QED) is 0.344. The number of rotatable bonds is 7. The lowest BCUT2D eigenvalue weighted by Gasteiger charge is -2.25. The van der Waals surface area contributed by atoms with Crippen molar-refractivity contribution in [1.82, 2.24) is 4.57 Å². The van der Waals surface area contributed by atoms with Crippen molar-refractivity contribution in [2.24, 2.45) is 4.99 Å². The van der Waals surface area contributed by atoms with Gasteiger partial charge in [0.15, 0.2) is 16.3 Å². The molecule has 0 saturated carbocycles. The summed E-state index contributed by atoms with van der Waals surface area (Å²) in [5.41, 5.74) is 0.805. The fourth-order valence-corrected chi connectivity index (χ4v) is 5.16. The Balaban J connectivity index is 1.97. The smallest absolute Gasteiger partial charge is 0.338 e. The van der Waals surface area contributed by atoms with Gasteiger partial charge in [0.25, 0.3) is 5.56 Å². The van der Waals surface area contributed by atoms with Gasteiger partial charge in [-0.2, -0.15) is 0 Å². The molecule has 3 aromatic rings. The highest BCUT2D eigenvalue weighted by Crippen LogP contribution is 2.36. The van der Waals surface area contributed by atoms with Crippen LogP contribution in [0.4, 0.5) is 4.39 Å². The topological polar surface area (TPSA) is 79.1 Å². The van der Waals surface area contributed by atoms with Crippen molar-refractivity contribution in [3.63, 3.8) is 0 Å². The number of carbonyl (C=O) groups is 1. The molecule has 186 valence electrons. The number of hydrogen-bond donors (Lipinski definition) is 0. The summed E-state index contributed by atoms with van der Waals surface area (Å²) in [5, 5.41) is 0.170. The largest absolute Gasteiger partial charge is 0.493 e. The number of halogens is 2. The van der Waals surface area contributed by atoms with Gasteiger partial charge < -0.3 is 14.2 Å². The third kappa shape index (κ3) is 4.59. The van der Waals surface area contributed by atoms with Gasteiger partial charge in [0.1, 0.15) is 12.4 Å². The Labute approximate surface area is 215 Å². The third-order valence-electron chi connectivity index (χ3n) is 5.56. The maximum atomic E-state index is 14.4. The lowest BCUT2D eigenvalue weighted by Crippen LogP contribution is -2.39. The first-order chi connectivity index (χ1) is 17.3. The van der Waals surface area contributed by atoms with E-state index in [1.165, 1.54) is 43.1 Å². The Bertz CT molecular complexity index is 1550. The summed E-state index contributed by atoms with van der Waals surface area (Å²) in [6.07, 6.45) is 3.00. The molecular formula is C26H22ClFN2O5S. The molecule has 1 aliphatic heterocycles. The van der Waals surface area contributed by atoms with Crippen LogP contribution >= 0.6 is 22.9 Å². The number of allylic oxidation sites excluding steroid dienone is 1. The molecule has 2 heterocycles. The number of thiazole rings is 1. The van der Waals surface area contributed by atoms with Crippen LogP contribution in [0.2, 0.25) is 5.02 Å². The zero-order valence-corrected chi connectivity index (χ0v) is 21.3. The zero-order chi connectivity index (χ0) is 26.0. The molecule has 1 aliphatic rings. The molecule has 1 aromatic heterocycles. The summed E-state index contributed by atoms with van der Waals surface area (Å²) < 4.78 is 32.2. The minimum absolute atomic E-state index is 0.0928. The number of hydrogen-bond acceptors (Lipinski definition) is 7. The summed E-state index contributed by atoms with van der Waals surface area (Å²) in [6, 6.07) is 8.54. The van der Waals surface area contributed by atoms with Gasteiger partial charge in [-0.1, -0.05) is 47.7 Å². The van der Waals surface area contributed by atoms with Crippen molar-refractivity contribution in [1.29, 1.82) is 0 Å². The molecule has 1 atom stereocenters. The SMILES string of the molecule is C=CCOc1ccc(C2C(C(=O)OC)=C(C)N=c3s/c(=C\c4c(F)cccc4Cl)c(=O)n32)cc1OC. The first kappa shape index (κ1) is 25.4. The number of esters is 1. The lowest BCUT2D eigenvalue weighted by molar-refractivity contribution is -0.136. The number of carbonyl (C=O) groups excluding carboxylic acids is 1. The molecule has 0 saturated heterocycles. The predicted octanol–water partition coefficient (Wildman–Crippen LogP) is 3.77. The molecule has 0 bridgehead atoms. The van der Waals surface area contributed by atoms with Crippen LogP contribution in [-0.2, 0) is 9.53 Å². The van der Waals surface area contributed by atoms with E-state index in [1.54, 1.807) is 31.2 Å². The number of benzene rings is 2. The highest BCUT2D eigenvalue weighted by Gasteiger charge is 2.33. The predicted molar refractivity (Wildman–Crippen MR) is 136 cm³/mol. The molecule has 0 amide bonds. The molecule has 1 unspecified atom stereocenters. The van der Waals surface area contributed by atoms with E-state index in [-0.39, 0.29) is 27.3 Å². The van der Waals surface area contributed by atoms with Gasteiger partial charge in [-0.05, 0) is 42.8 Å². The Kier molecular flexibility index (Phi) is 7.42. The first-order valence-electron chi connectivity index (χ1n) is 10.8. The average Bonchev–Trinajstić information content (AvgIpc) is 3.17. The maximum Gasteiger partial charge on any atom is 0.338 e. The fourth-order valence-electron chi connectivity index (χ4n) is 3.91. The van der Waals surface area contributed by atoms with Crippen molar-refractivity contribution in [2.75, 3.05) is 20.8 Å². The minimum Gasteiger partial charge on any atom is -0.493 e. The van der Waals surface area contributed by atoms with Gasteiger partial charge in [-0.3, -0.25) is 9.36 Å². The molecule has 36 heavy (non-hydrogen) atoms. The Hall–Kier alpha value is -3.69. The number of aromatic nitrogens is 1. The second-order valence-corrected chi connectivity index (χ2v) is 9.13. The van der Waals surface area contributed by atoms with Crippen LogP contribution in [0.3, 0.4) is 0 Å². The van der Waals surface area contributed by atoms with Gasteiger partial charge in [-0.15, -0.1) is 0 Å². The van der Waals surface area contributed by atoms with Crippen molar-refractivity contribution >= 4 is 35.0 Å². The van der Waals surface area contributed by atoms with Crippen LogP contribution in [0.1, 0.15) is 24.1 Å². The molecular weight excluding hydrogens is 507 g/mol. The van der Waals surface area contributed by atoms with Crippen molar-refractivity contribution in [2.45, 2.75) is 13.0 Å². The highest BCUT2D eigenvalue weighted by molar-refractivity contribution is 7.07. The van der Waals surface area contributed by atoms with Gasteiger partial charge in [-0.25, -0.2) is 14.2 Å². The van der Waals surface area contributed by atoms with Crippen LogP contribution in [0.15, 0.2) is 70.1 Å². The Morgan fingerprint density at radius 2 is 2.06 bits per heavy atom. The molecule has 2 aromatic carbocycles. The summed E-state index contributed by atoms with van der Waals surface area (Å²) in [7, 11) is 2.75. The third-order valence-corrected chi connectivity index (χ3v) is 6.87. The van der Waals surface area contributed by atoms with Crippen LogP contribution in [0, 0.1) is 5.82 Å². The van der Waals surface area contributed by atoms with Gasteiger partial charge >= 0.3 is 5.97 Å². The van der Waals surface area contributed by atoms with Crippen molar-refractivity contribution in [3.05, 3.63) is 102 Å². The van der Waals surface area contributed by atoms with E-state index in [0.717, 1.165) is 11.3 Å². The number of fused-ring (bicyclic) bond motifs is 1. The molecule has 0 fully saturated rings. The van der Waals surface area contributed by atoms with Gasteiger partial charge in [0.05, 0.1) is 41.1 Å². The van der Waals surface area contributed by atoms with E-state index in [2.05, 4.69) is 11.6 Å². The number of methoxy groups -OCH3 is 2. The average molecular weight is 529 g/mol. The standard InChI is InChI=1S/C26H22ClFN2O5S/c1-5-11-35-19-10-9-15(12-20(19)33-3)23-22(25(32)34-4)14(2)29-26-30(23)24(31)21(36-26)13-16-17(27)7-6-8-18(16)28/h5-10,12-13,23H,1,11H2,2-4H3/b21-13-.